The third-order valence-electron chi connectivity index (χ3n) is 14.2. The first-order valence-electron chi connectivity index (χ1n) is 14.4. The summed E-state index contributed by atoms with van der Waals surface area (Å²) in [5.41, 5.74) is 1.35. The quantitative estimate of drug-likeness (QED) is 0.446. The van der Waals surface area contributed by atoms with Crippen molar-refractivity contribution >= 4 is 11.8 Å². The zero-order chi connectivity index (χ0) is 24.9. The molecule has 0 heterocycles. The molecule has 10 atom stereocenters. The second-order valence-corrected chi connectivity index (χ2v) is 15.5. The summed E-state index contributed by atoms with van der Waals surface area (Å²) in [6.45, 7) is 17.4. The lowest BCUT2D eigenvalue weighted by Gasteiger charge is -2.74. The van der Waals surface area contributed by atoms with E-state index in [1.54, 1.807) is 0 Å². The molecular formula is C31H50O3. The SMILES string of the molecule is C[C@H]1C(=O)CCC2[C@]3(C)CC[C@@]4(C)C5C[C@](C)(CC(=O)O)CC[C@]5(C)CC[C@]4(C)C3CC[C@@]21C. The van der Waals surface area contributed by atoms with E-state index in [-0.39, 0.29) is 22.2 Å². The van der Waals surface area contributed by atoms with Crippen LogP contribution in [0.3, 0.4) is 0 Å². The Bertz CT molecular complexity index is 895. The third-order valence-corrected chi connectivity index (χ3v) is 14.2. The fourth-order valence-electron chi connectivity index (χ4n) is 11.6. The van der Waals surface area contributed by atoms with Crippen LogP contribution in [0.4, 0.5) is 0 Å². The first-order chi connectivity index (χ1) is 15.6. The molecular weight excluding hydrogens is 420 g/mol. The average molecular weight is 471 g/mol. The molecule has 0 aromatic carbocycles. The van der Waals surface area contributed by atoms with Gasteiger partial charge in [-0.25, -0.2) is 0 Å². The van der Waals surface area contributed by atoms with Crippen LogP contribution in [0.15, 0.2) is 0 Å². The molecule has 5 rings (SSSR count). The smallest absolute Gasteiger partial charge is 0.303 e. The van der Waals surface area contributed by atoms with Gasteiger partial charge < -0.3 is 5.11 Å². The molecule has 3 nitrogen and oxygen atoms in total. The number of carbonyl (C=O) groups excluding carboxylic acids is 1. The molecule has 0 radical (unpaired) electrons. The van der Waals surface area contributed by atoms with Crippen LogP contribution < -0.4 is 0 Å². The lowest BCUT2D eigenvalue weighted by molar-refractivity contribution is -0.257. The van der Waals surface area contributed by atoms with E-state index in [0.29, 0.717) is 40.3 Å². The van der Waals surface area contributed by atoms with E-state index >= 15 is 0 Å². The van der Waals surface area contributed by atoms with Crippen molar-refractivity contribution in [2.75, 3.05) is 0 Å². The Morgan fingerprint density at radius 1 is 0.794 bits per heavy atom. The molecule has 34 heavy (non-hydrogen) atoms. The summed E-state index contributed by atoms with van der Waals surface area (Å²) < 4.78 is 0. The maximum absolute atomic E-state index is 12.7. The molecule has 0 aromatic heterocycles. The van der Waals surface area contributed by atoms with Gasteiger partial charge in [0, 0.05) is 12.3 Å². The van der Waals surface area contributed by atoms with Crippen LogP contribution in [0.5, 0.6) is 0 Å². The van der Waals surface area contributed by atoms with E-state index in [9.17, 15) is 14.7 Å². The van der Waals surface area contributed by atoms with Crippen molar-refractivity contribution in [1.29, 1.82) is 0 Å². The molecule has 0 aromatic rings. The van der Waals surface area contributed by atoms with E-state index in [2.05, 4.69) is 48.5 Å². The highest BCUT2D eigenvalue weighted by Gasteiger charge is 2.71. The summed E-state index contributed by atoms with van der Waals surface area (Å²) in [6, 6.07) is 0. The van der Waals surface area contributed by atoms with Gasteiger partial charge in [-0.1, -0.05) is 48.5 Å². The number of aliphatic carboxylic acids is 1. The number of carboxylic acid groups (broad SMARTS) is 1. The second-order valence-electron chi connectivity index (χ2n) is 15.5. The van der Waals surface area contributed by atoms with Gasteiger partial charge in [0.2, 0.25) is 0 Å². The molecule has 3 heteroatoms. The summed E-state index contributed by atoms with van der Waals surface area (Å²) in [5, 5.41) is 9.68. The molecule has 1 N–H and O–H groups in total. The molecule has 0 saturated heterocycles. The van der Waals surface area contributed by atoms with Crippen molar-refractivity contribution in [3.8, 4) is 0 Å². The topological polar surface area (TPSA) is 54.4 Å². The largest absolute Gasteiger partial charge is 0.481 e. The highest BCUT2D eigenvalue weighted by molar-refractivity contribution is 5.82. The van der Waals surface area contributed by atoms with Gasteiger partial charge in [0.1, 0.15) is 5.78 Å². The second kappa shape index (κ2) is 7.34. The van der Waals surface area contributed by atoms with Crippen LogP contribution in [-0.2, 0) is 9.59 Å². The maximum Gasteiger partial charge on any atom is 0.303 e. The molecule has 5 saturated carbocycles. The standard InChI is InChI=1S/C31H50O3/c1-20-21(32)8-9-22-28(20,4)11-10-23-29(22,5)15-17-31(7)24-18-26(2,19-25(33)34)12-13-27(24,3)14-16-30(23,31)6/h20,22-24H,8-19H2,1-7H3,(H,33,34)/t20-,22?,23?,24?,26+,27+,28+,29-,30+,31-/m0/s1. The first kappa shape index (κ1) is 24.8. The van der Waals surface area contributed by atoms with Gasteiger partial charge in [0.05, 0.1) is 6.42 Å². The normalized spacial score (nSPS) is 57.1. The lowest BCUT2D eigenvalue weighted by Crippen LogP contribution is -2.67. The Kier molecular flexibility index (Phi) is 5.36. The highest BCUT2D eigenvalue weighted by atomic mass is 16.4. The summed E-state index contributed by atoms with van der Waals surface area (Å²) in [5.74, 6) is 2.07. The zero-order valence-electron chi connectivity index (χ0n) is 23.1. The van der Waals surface area contributed by atoms with Crippen LogP contribution in [0, 0.1) is 56.2 Å². The van der Waals surface area contributed by atoms with Crippen LogP contribution in [-0.4, -0.2) is 16.9 Å². The van der Waals surface area contributed by atoms with Crippen molar-refractivity contribution in [1.82, 2.24) is 0 Å². The summed E-state index contributed by atoms with van der Waals surface area (Å²) in [6.07, 6.45) is 13.2. The van der Waals surface area contributed by atoms with Gasteiger partial charge in [0.25, 0.3) is 0 Å². The molecule has 0 aliphatic heterocycles. The highest BCUT2D eigenvalue weighted by Crippen LogP contribution is 2.78. The summed E-state index contributed by atoms with van der Waals surface area (Å²) >= 11 is 0. The predicted octanol–water partition coefficient (Wildman–Crippen LogP) is 7.91. The monoisotopic (exact) mass is 470 g/mol. The fraction of sp³-hybridized carbons (Fsp3) is 0.935. The average Bonchev–Trinajstić information content (AvgIpc) is 2.74. The number of carboxylic acids is 1. The van der Waals surface area contributed by atoms with Crippen LogP contribution in [0.2, 0.25) is 0 Å². The van der Waals surface area contributed by atoms with Crippen molar-refractivity contribution < 1.29 is 14.7 Å². The zero-order valence-corrected chi connectivity index (χ0v) is 23.1. The first-order valence-corrected chi connectivity index (χ1v) is 14.4. The molecule has 5 aliphatic carbocycles. The lowest BCUT2D eigenvalue weighted by atomic mass is 9.30. The number of ketones is 1. The maximum atomic E-state index is 12.7. The minimum absolute atomic E-state index is 0.0671. The molecule has 192 valence electrons. The van der Waals surface area contributed by atoms with Crippen molar-refractivity contribution in [3.05, 3.63) is 0 Å². The summed E-state index contributed by atoms with van der Waals surface area (Å²) in [7, 11) is 0. The molecule has 0 bridgehead atoms. The molecule has 5 aliphatic rings. The van der Waals surface area contributed by atoms with Gasteiger partial charge in [-0.15, -0.1) is 0 Å². The number of hydrogen-bond acceptors (Lipinski definition) is 2. The molecule has 0 amide bonds. The minimum atomic E-state index is -0.626. The van der Waals surface area contributed by atoms with E-state index in [0.717, 1.165) is 31.6 Å². The van der Waals surface area contributed by atoms with Gasteiger partial charge in [-0.3, -0.25) is 9.59 Å². The van der Waals surface area contributed by atoms with Crippen LogP contribution in [0.25, 0.3) is 0 Å². The third kappa shape index (κ3) is 3.06. The molecule has 5 fully saturated rings. The van der Waals surface area contributed by atoms with Crippen molar-refractivity contribution in [3.63, 3.8) is 0 Å². The Morgan fingerprint density at radius 2 is 1.41 bits per heavy atom. The number of rotatable bonds is 2. The van der Waals surface area contributed by atoms with Gasteiger partial charge in [-0.05, 0) is 114 Å². The number of carbonyl (C=O) groups is 2. The minimum Gasteiger partial charge on any atom is -0.481 e. The number of fused-ring (bicyclic) bond motifs is 7. The Balaban J connectivity index is 1.52. The van der Waals surface area contributed by atoms with Gasteiger partial charge in [0.15, 0.2) is 0 Å². The van der Waals surface area contributed by atoms with Crippen LogP contribution >= 0.6 is 0 Å². The number of hydrogen-bond donors (Lipinski definition) is 1. The van der Waals surface area contributed by atoms with Gasteiger partial charge in [-0.2, -0.15) is 0 Å². The predicted molar refractivity (Wildman–Crippen MR) is 136 cm³/mol. The van der Waals surface area contributed by atoms with E-state index in [4.69, 9.17) is 0 Å². The Labute approximate surface area is 208 Å². The van der Waals surface area contributed by atoms with E-state index in [1.807, 2.05) is 0 Å². The Hall–Kier alpha value is -0.860. The van der Waals surface area contributed by atoms with E-state index < -0.39 is 5.97 Å². The van der Waals surface area contributed by atoms with Crippen LogP contribution in [0.1, 0.15) is 126 Å². The molecule has 3 unspecified atom stereocenters. The van der Waals surface area contributed by atoms with E-state index in [1.165, 1.54) is 44.9 Å². The molecule has 0 spiro atoms. The Morgan fingerprint density at radius 3 is 2.09 bits per heavy atom. The number of Topliss-reactive ketones (excluding diaryl/α,β-unsaturated/α-hetero) is 1. The summed E-state index contributed by atoms with van der Waals surface area (Å²) in [4.78, 5) is 24.5. The van der Waals surface area contributed by atoms with Gasteiger partial charge >= 0.3 is 5.97 Å². The van der Waals surface area contributed by atoms with Crippen molar-refractivity contribution in [2.45, 2.75) is 126 Å². The fourth-order valence-corrected chi connectivity index (χ4v) is 11.6. The van der Waals surface area contributed by atoms with Crippen molar-refractivity contribution in [2.24, 2.45) is 56.2 Å².